The first-order chi connectivity index (χ1) is 10.8. The molecule has 1 aliphatic heterocycles. The minimum Gasteiger partial charge on any atom is -0.385 e. The summed E-state index contributed by atoms with van der Waals surface area (Å²) < 4.78 is 27.1. The number of nitrogens with zero attached hydrogens (tertiary/aromatic N) is 1. The molecule has 23 heavy (non-hydrogen) atoms. The maximum atomic E-state index is 12.9. The predicted octanol–water partition coefficient (Wildman–Crippen LogP) is 1.28. The summed E-state index contributed by atoms with van der Waals surface area (Å²) in [5.41, 5.74) is -1.60. The van der Waals surface area contributed by atoms with Gasteiger partial charge in [-0.2, -0.15) is 4.31 Å². The van der Waals surface area contributed by atoms with E-state index in [0.717, 1.165) is 31.2 Å². The average Bonchev–Trinajstić information content (AvgIpc) is 3.39. The molecule has 3 aliphatic rings. The van der Waals surface area contributed by atoms with Crippen molar-refractivity contribution in [2.45, 2.75) is 48.7 Å². The fraction of sp³-hybridized carbons (Fsp3) is 0.647. The van der Waals surface area contributed by atoms with Crippen molar-refractivity contribution in [3.8, 4) is 0 Å². The molecule has 0 bridgehead atoms. The van der Waals surface area contributed by atoms with Crippen molar-refractivity contribution in [1.29, 1.82) is 0 Å². The van der Waals surface area contributed by atoms with E-state index >= 15 is 0 Å². The van der Waals surface area contributed by atoms with Crippen LogP contribution in [0.4, 0.5) is 0 Å². The van der Waals surface area contributed by atoms with Gasteiger partial charge >= 0.3 is 0 Å². The minimum atomic E-state index is -3.70. The molecule has 2 saturated carbocycles. The standard InChI is InChI=1S/C17H23NO4S/c1-12-2-8-15(9-3-12)23(21,22)18-10-16(19,13-4-5-13)17(20,11-18)14-6-7-14/h2-3,8-9,13-14,19-20H,4-7,10-11H2,1H3/t16-,17+. The van der Waals surface area contributed by atoms with E-state index in [9.17, 15) is 18.6 Å². The lowest BCUT2D eigenvalue weighted by Crippen LogP contribution is -2.56. The van der Waals surface area contributed by atoms with Gasteiger partial charge in [0.25, 0.3) is 0 Å². The van der Waals surface area contributed by atoms with Crippen LogP contribution in [0.15, 0.2) is 29.2 Å². The Hall–Kier alpha value is -0.950. The first kappa shape index (κ1) is 15.6. The topological polar surface area (TPSA) is 77.8 Å². The van der Waals surface area contributed by atoms with Crippen molar-refractivity contribution in [1.82, 2.24) is 4.31 Å². The molecule has 3 fully saturated rings. The number of β-amino-alcohol motifs (C(OH)–C–C–N with tert-alkyl or cyclic N) is 2. The van der Waals surface area contributed by atoms with Crippen molar-refractivity contribution >= 4 is 10.0 Å². The third-order valence-electron chi connectivity index (χ3n) is 5.75. The maximum absolute atomic E-state index is 12.9. The summed E-state index contributed by atoms with van der Waals surface area (Å²) in [5.74, 6) is 0.0395. The van der Waals surface area contributed by atoms with Crippen LogP contribution in [-0.2, 0) is 10.0 Å². The molecule has 1 aromatic carbocycles. The Labute approximate surface area is 137 Å². The lowest BCUT2D eigenvalue weighted by molar-refractivity contribution is -0.142. The van der Waals surface area contributed by atoms with Crippen molar-refractivity contribution in [2.75, 3.05) is 13.1 Å². The molecule has 1 heterocycles. The number of hydrogen-bond acceptors (Lipinski definition) is 4. The number of rotatable bonds is 4. The van der Waals surface area contributed by atoms with E-state index < -0.39 is 21.2 Å². The van der Waals surface area contributed by atoms with Gasteiger partial charge in [0.2, 0.25) is 10.0 Å². The smallest absolute Gasteiger partial charge is 0.243 e. The average molecular weight is 337 g/mol. The summed E-state index contributed by atoms with van der Waals surface area (Å²) in [5, 5.41) is 22.3. The van der Waals surface area contributed by atoms with Crippen molar-refractivity contribution < 1.29 is 18.6 Å². The first-order valence-corrected chi connectivity index (χ1v) is 9.73. The molecule has 0 unspecified atom stereocenters. The highest BCUT2D eigenvalue weighted by Gasteiger charge is 2.68. The van der Waals surface area contributed by atoms with Crippen LogP contribution in [0.3, 0.4) is 0 Å². The van der Waals surface area contributed by atoms with E-state index in [-0.39, 0.29) is 29.8 Å². The molecule has 0 spiro atoms. The summed E-state index contributed by atoms with van der Waals surface area (Å²) in [6, 6.07) is 6.72. The fourth-order valence-electron chi connectivity index (χ4n) is 3.98. The van der Waals surface area contributed by atoms with Gasteiger partial charge in [-0.25, -0.2) is 8.42 Å². The van der Waals surface area contributed by atoms with Crippen LogP contribution >= 0.6 is 0 Å². The molecule has 126 valence electrons. The zero-order chi connectivity index (χ0) is 16.5. The zero-order valence-corrected chi connectivity index (χ0v) is 14.1. The highest BCUT2D eigenvalue weighted by atomic mass is 32.2. The number of hydrogen-bond donors (Lipinski definition) is 2. The van der Waals surface area contributed by atoms with Gasteiger partial charge < -0.3 is 10.2 Å². The second kappa shape index (κ2) is 4.79. The van der Waals surface area contributed by atoms with E-state index in [1.54, 1.807) is 24.3 Å². The lowest BCUT2D eigenvalue weighted by atomic mass is 9.78. The van der Waals surface area contributed by atoms with Crippen molar-refractivity contribution in [2.24, 2.45) is 11.8 Å². The van der Waals surface area contributed by atoms with E-state index in [0.29, 0.717) is 0 Å². The second-order valence-electron chi connectivity index (χ2n) is 7.48. The molecule has 0 radical (unpaired) electrons. The molecule has 6 heteroatoms. The van der Waals surface area contributed by atoms with Crippen molar-refractivity contribution in [3.05, 3.63) is 29.8 Å². The molecule has 2 atom stereocenters. The molecule has 4 rings (SSSR count). The molecule has 1 saturated heterocycles. The third-order valence-corrected chi connectivity index (χ3v) is 7.55. The van der Waals surface area contributed by atoms with Crippen LogP contribution < -0.4 is 0 Å². The molecular formula is C17H23NO4S. The van der Waals surface area contributed by atoms with Gasteiger partial charge in [0, 0.05) is 13.1 Å². The van der Waals surface area contributed by atoms with Gasteiger partial charge in [-0.3, -0.25) is 0 Å². The highest BCUT2D eigenvalue weighted by molar-refractivity contribution is 7.89. The lowest BCUT2D eigenvalue weighted by Gasteiger charge is -2.37. The van der Waals surface area contributed by atoms with Gasteiger partial charge in [0.05, 0.1) is 4.90 Å². The molecule has 0 aromatic heterocycles. The Bertz CT molecular complexity index is 697. The summed E-state index contributed by atoms with van der Waals surface area (Å²) in [6.45, 7) is 1.91. The predicted molar refractivity (Wildman–Crippen MR) is 85.3 cm³/mol. The molecule has 1 aromatic rings. The number of sulfonamides is 1. The summed E-state index contributed by atoms with van der Waals surface area (Å²) in [4.78, 5) is 0.223. The van der Waals surface area contributed by atoms with E-state index in [2.05, 4.69) is 0 Å². The Balaban J connectivity index is 1.69. The van der Waals surface area contributed by atoms with Crippen LogP contribution in [0.5, 0.6) is 0 Å². The first-order valence-electron chi connectivity index (χ1n) is 8.29. The summed E-state index contributed by atoms with van der Waals surface area (Å²) in [6.07, 6.45) is 3.46. The molecular weight excluding hydrogens is 314 g/mol. The fourth-order valence-corrected chi connectivity index (χ4v) is 5.50. The third kappa shape index (κ3) is 2.27. The van der Waals surface area contributed by atoms with E-state index in [4.69, 9.17) is 0 Å². The second-order valence-corrected chi connectivity index (χ2v) is 9.42. The van der Waals surface area contributed by atoms with Gasteiger partial charge in [-0.05, 0) is 56.6 Å². The number of aliphatic hydroxyl groups is 2. The van der Waals surface area contributed by atoms with Crippen molar-refractivity contribution in [3.63, 3.8) is 0 Å². The largest absolute Gasteiger partial charge is 0.385 e. The monoisotopic (exact) mass is 337 g/mol. The quantitative estimate of drug-likeness (QED) is 0.868. The number of aryl methyl sites for hydroxylation is 1. The Morgan fingerprint density at radius 3 is 1.78 bits per heavy atom. The SMILES string of the molecule is Cc1ccc(S(=O)(=O)N2C[C@@](O)(C3CC3)[C@@](O)(C3CC3)C2)cc1. The maximum Gasteiger partial charge on any atom is 0.243 e. The van der Waals surface area contributed by atoms with Gasteiger partial charge in [-0.1, -0.05) is 17.7 Å². The Morgan fingerprint density at radius 1 is 0.957 bits per heavy atom. The molecule has 2 aliphatic carbocycles. The minimum absolute atomic E-state index is 0.000869. The van der Waals surface area contributed by atoms with Gasteiger partial charge in [-0.15, -0.1) is 0 Å². The Morgan fingerprint density at radius 2 is 1.39 bits per heavy atom. The summed E-state index contributed by atoms with van der Waals surface area (Å²) in [7, 11) is -3.70. The molecule has 5 nitrogen and oxygen atoms in total. The van der Waals surface area contributed by atoms with Crippen LogP contribution in [-0.4, -0.2) is 47.2 Å². The number of benzene rings is 1. The molecule has 0 amide bonds. The van der Waals surface area contributed by atoms with Crippen LogP contribution in [0.25, 0.3) is 0 Å². The summed E-state index contributed by atoms with van der Waals surface area (Å²) >= 11 is 0. The zero-order valence-electron chi connectivity index (χ0n) is 13.3. The van der Waals surface area contributed by atoms with E-state index in [1.165, 1.54) is 4.31 Å². The van der Waals surface area contributed by atoms with Gasteiger partial charge in [0.15, 0.2) is 0 Å². The van der Waals surface area contributed by atoms with Gasteiger partial charge in [0.1, 0.15) is 11.2 Å². The van der Waals surface area contributed by atoms with Crippen LogP contribution in [0.1, 0.15) is 31.2 Å². The van der Waals surface area contributed by atoms with Crippen LogP contribution in [0.2, 0.25) is 0 Å². The van der Waals surface area contributed by atoms with E-state index in [1.807, 2.05) is 6.92 Å². The normalized spacial score (nSPS) is 35.6. The molecule has 2 N–H and O–H groups in total. The Kier molecular flexibility index (Phi) is 3.24. The highest BCUT2D eigenvalue weighted by Crippen LogP contribution is 2.57. The van der Waals surface area contributed by atoms with Crippen LogP contribution in [0, 0.1) is 18.8 Å².